The normalized spacial score (nSPS) is 12.8. The fourth-order valence-electron chi connectivity index (χ4n) is 4.34. The van der Waals surface area contributed by atoms with Gasteiger partial charge in [-0.05, 0) is 89.2 Å². The number of phenolic OH excluding ortho intramolecular Hbond substituents is 4. The summed E-state index contributed by atoms with van der Waals surface area (Å²) in [4.78, 5) is 0. The topological polar surface area (TPSA) is 80.9 Å². The van der Waals surface area contributed by atoms with Gasteiger partial charge in [-0.3, -0.25) is 0 Å². The van der Waals surface area contributed by atoms with Crippen LogP contribution >= 0.6 is 34.8 Å². The Balaban J connectivity index is 1.79. The molecular weight excluding hydrogens is 507 g/mol. The highest BCUT2D eigenvalue weighted by atomic mass is 35.5. The zero-order valence-corrected chi connectivity index (χ0v) is 20.5. The van der Waals surface area contributed by atoms with Crippen molar-refractivity contribution in [3.8, 4) is 45.3 Å². The summed E-state index contributed by atoms with van der Waals surface area (Å²) in [5, 5.41) is 43.0. The third-order valence-corrected chi connectivity index (χ3v) is 7.07. The number of aromatic hydroxyl groups is 4. The van der Waals surface area contributed by atoms with Crippen LogP contribution in [0, 0.1) is 0 Å². The van der Waals surface area contributed by atoms with Crippen molar-refractivity contribution in [2.75, 3.05) is 0 Å². The maximum Gasteiger partial charge on any atom is 0.142 e. The summed E-state index contributed by atoms with van der Waals surface area (Å²) < 4.78 is 0. The Hall–Kier alpha value is -3.31. The summed E-state index contributed by atoms with van der Waals surface area (Å²) in [6, 6.07) is 16.7. The second-order valence-corrected chi connectivity index (χ2v) is 9.66. The minimum Gasteiger partial charge on any atom is -0.507 e. The molecule has 6 bridgehead atoms. The largest absolute Gasteiger partial charge is 0.507 e. The van der Waals surface area contributed by atoms with Gasteiger partial charge in [-0.1, -0.05) is 53.0 Å². The van der Waals surface area contributed by atoms with Crippen molar-refractivity contribution in [1.29, 1.82) is 0 Å². The van der Waals surface area contributed by atoms with Crippen LogP contribution < -0.4 is 0 Å². The van der Waals surface area contributed by atoms with E-state index in [4.69, 9.17) is 34.8 Å². The minimum atomic E-state index is -0.152. The zero-order valence-electron chi connectivity index (χ0n) is 18.2. The third-order valence-electron chi connectivity index (χ3n) is 6.15. The summed E-state index contributed by atoms with van der Waals surface area (Å²) >= 11 is 19.1. The van der Waals surface area contributed by atoms with Crippen molar-refractivity contribution in [3.05, 3.63) is 93.0 Å². The molecule has 0 saturated heterocycles. The Morgan fingerprint density at radius 1 is 0.571 bits per heavy atom. The van der Waals surface area contributed by atoms with E-state index < -0.39 is 0 Å². The lowest BCUT2D eigenvalue weighted by molar-refractivity contribution is 0.469. The van der Waals surface area contributed by atoms with Crippen LogP contribution in [-0.2, 0) is 12.8 Å². The van der Waals surface area contributed by atoms with Crippen molar-refractivity contribution in [2.45, 2.75) is 12.8 Å². The molecule has 0 radical (unpaired) electrons. The van der Waals surface area contributed by atoms with Gasteiger partial charge < -0.3 is 20.4 Å². The summed E-state index contributed by atoms with van der Waals surface area (Å²) in [6.07, 6.45) is 2.74. The van der Waals surface area contributed by atoms with Gasteiger partial charge in [-0.15, -0.1) is 0 Å². The van der Waals surface area contributed by atoms with Gasteiger partial charge in [0.05, 0.1) is 10.0 Å². The molecule has 2 aliphatic rings. The van der Waals surface area contributed by atoms with Crippen LogP contribution in [-0.4, -0.2) is 20.4 Å². The van der Waals surface area contributed by atoms with Gasteiger partial charge in [0.2, 0.25) is 0 Å². The summed E-state index contributed by atoms with van der Waals surface area (Å²) in [5.74, 6) is -0.191. The average Bonchev–Trinajstić information content (AvgIpc) is 2.82. The maximum atomic E-state index is 10.9. The molecule has 0 amide bonds. The second-order valence-electron chi connectivity index (χ2n) is 8.44. The Morgan fingerprint density at radius 2 is 1.37 bits per heavy atom. The first-order valence-electron chi connectivity index (χ1n) is 10.8. The van der Waals surface area contributed by atoms with Gasteiger partial charge in [0, 0.05) is 21.7 Å². The van der Waals surface area contributed by atoms with Crippen LogP contribution in [0.2, 0.25) is 10.0 Å². The summed E-state index contributed by atoms with van der Waals surface area (Å²) in [5.41, 5.74) is 4.90. The Labute approximate surface area is 216 Å². The van der Waals surface area contributed by atoms with E-state index in [9.17, 15) is 20.4 Å². The number of rotatable bonds is 0. The van der Waals surface area contributed by atoms with Gasteiger partial charge in [0.15, 0.2) is 0 Å². The van der Waals surface area contributed by atoms with Gasteiger partial charge in [0.25, 0.3) is 0 Å². The van der Waals surface area contributed by atoms with E-state index in [0.717, 1.165) is 11.1 Å². The highest BCUT2D eigenvalue weighted by molar-refractivity contribution is 6.51. The van der Waals surface area contributed by atoms with Gasteiger partial charge in [0.1, 0.15) is 23.0 Å². The molecule has 0 unspecified atom stereocenters. The fraction of sp³-hybridized carbons (Fsp3) is 0.0714. The van der Waals surface area contributed by atoms with E-state index in [1.54, 1.807) is 66.7 Å². The van der Waals surface area contributed by atoms with Crippen molar-refractivity contribution in [2.24, 2.45) is 0 Å². The molecule has 0 aliphatic heterocycles. The Morgan fingerprint density at radius 3 is 2.14 bits per heavy atom. The standard InChI is InChI=1S/C28H19Cl3O4/c29-22-9-15-8-21(28(35)24(31)10-15)20-7-14(2-6-25(20)32)1-3-16-11-27(34)23(30)13-19(16)18-5-4-17(22)12-26(18)33/h2,4-13,32-35H,1,3H2. The number of hydrogen-bond donors (Lipinski definition) is 4. The highest BCUT2D eigenvalue weighted by Gasteiger charge is 2.18. The van der Waals surface area contributed by atoms with Crippen LogP contribution in [0.25, 0.3) is 33.4 Å². The molecule has 35 heavy (non-hydrogen) atoms. The zero-order chi connectivity index (χ0) is 24.9. The summed E-state index contributed by atoms with van der Waals surface area (Å²) in [6.45, 7) is 0. The smallest absolute Gasteiger partial charge is 0.142 e. The number of hydrogen-bond acceptors (Lipinski definition) is 4. The number of halogens is 3. The molecule has 4 nitrogen and oxygen atoms in total. The fourth-order valence-corrected chi connectivity index (χ4v) is 4.98. The SMILES string of the molecule is Oc1cc2c(cc1Cl)-c1ccc(cc1O)C(Cl)=Cc1cc(Cl)c(O)c(c1)-c1cc(ccc1O)CC2. The quantitative estimate of drug-likeness (QED) is 0.188. The molecule has 4 aromatic rings. The number of phenols is 4. The number of aryl methyl sites for hydroxylation is 2. The molecule has 0 heterocycles. The van der Waals surface area contributed by atoms with Crippen molar-refractivity contribution in [3.63, 3.8) is 0 Å². The van der Waals surface area contributed by atoms with Crippen LogP contribution in [0.3, 0.4) is 0 Å². The second kappa shape index (κ2) is 9.04. The van der Waals surface area contributed by atoms with Crippen LogP contribution in [0.4, 0.5) is 0 Å². The predicted octanol–water partition coefficient (Wildman–Crippen LogP) is 7.99. The minimum absolute atomic E-state index is 0.00179. The van der Waals surface area contributed by atoms with E-state index in [0.29, 0.717) is 51.3 Å². The average molecular weight is 526 g/mol. The van der Waals surface area contributed by atoms with Crippen molar-refractivity contribution in [1.82, 2.24) is 0 Å². The van der Waals surface area contributed by atoms with Gasteiger partial charge >= 0.3 is 0 Å². The molecule has 4 N–H and O–H groups in total. The molecular formula is C28H19Cl3O4. The molecule has 2 aliphatic carbocycles. The number of benzene rings is 4. The van der Waals surface area contributed by atoms with Crippen molar-refractivity contribution >= 4 is 45.9 Å². The van der Waals surface area contributed by atoms with Gasteiger partial charge in [-0.2, -0.15) is 0 Å². The third kappa shape index (κ3) is 4.41. The molecule has 0 spiro atoms. The van der Waals surface area contributed by atoms with Crippen LogP contribution in [0.15, 0.2) is 60.7 Å². The van der Waals surface area contributed by atoms with E-state index in [1.807, 2.05) is 0 Å². The molecule has 0 fully saturated rings. The van der Waals surface area contributed by atoms with Crippen molar-refractivity contribution < 1.29 is 20.4 Å². The Bertz CT molecular complexity index is 1530. The Kier molecular flexibility index (Phi) is 6.06. The first-order valence-corrected chi connectivity index (χ1v) is 11.9. The molecule has 176 valence electrons. The first-order chi connectivity index (χ1) is 16.7. The molecule has 0 aromatic heterocycles. The molecule has 0 saturated carbocycles. The molecule has 6 rings (SSSR count). The monoisotopic (exact) mass is 524 g/mol. The van der Waals surface area contributed by atoms with E-state index in [2.05, 4.69) is 0 Å². The van der Waals surface area contributed by atoms with E-state index in [-0.39, 0.29) is 33.0 Å². The summed E-state index contributed by atoms with van der Waals surface area (Å²) in [7, 11) is 0. The predicted molar refractivity (Wildman–Crippen MR) is 142 cm³/mol. The lowest BCUT2D eigenvalue weighted by Gasteiger charge is -2.16. The van der Waals surface area contributed by atoms with E-state index in [1.165, 1.54) is 0 Å². The molecule has 0 atom stereocenters. The number of fused-ring (bicyclic) bond motifs is 3. The maximum absolute atomic E-state index is 10.9. The highest BCUT2D eigenvalue weighted by Crippen LogP contribution is 2.43. The van der Waals surface area contributed by atoms with Crippen LogP contribution in [0.1, 0.15) is 22.3 Å². The lowest BCUT2D eigenvalue weighted by atomic mass is 9.92. The van der Waals surface area contributed by atoms with E-state index >= 15 is 0 Å². The molecule has 4 aromatic carbocycles. The van der Waals surface area contributed by atoms with Crippen LogP contribution in [0.5, 0.6) is 23.0 Å². The first kappa shape index (κ1) is 23.4. The lowest BCUT2D eigenvalue weighted by Crippen LogP contribution is -1.97. The van der Waals surface area contributed by atoms with Gasteiger partial charge in [-0.25, -0.2) is 0 Å². The molecule has 7 heteroatoms.